The molecule has 5 heteroatoms. The molecule has 4 aliphatic rings. The standard InChI is InChI=1S/C22H27NO4/c1-21(2,3)20(25)26-16-8-5-12-11-14-13-6-7-15(24)19-22(13,9-10-23(14)4)17(12)18(16)27-19/h5-8,13-15,19,24H,9-11H2,1-4H3/t13-,14+,15-,19-,22-/m0/s1. The molecule has 1 N–H and O–H groups in total. The second-order valence-electron chi connectivity index (χ2n) is 9.55. The normalized spacial score (nSPS) is 36.2. The zero-order chi connectivity index (χ0) is 19.1. The Kier molecular flexibility index (Phi) is 3.43. The van der Waals surface area contributed by atoms with Gasteiger partial charge in [0, 0.05) is 22.9 Å². The predicted molar refractivity (Wildman–Crippen MR) is 101 cm³/mol. The van der Waals surface area contributed by atoms with Gasteiger partial charge in [-0.2, -0.15) is 0 Å². The van der Waals surface area contributed by atoms with Gasteiger partial charge in [0.15, 0.2) is 11.5 Å². The van der Waals surface area contributed by atoms with E-state index in [-0.39, 0.29) is 17.5 Å². The highest BCUT2D eigenvalue weighted by Gasteiger charge is 2.64. The average Bonchev–Trinajstić information content (AvgIpc) is 2.96. The van der Waals surface area contributed by atoms with Gasteiger partial charge >= 0.3 is 5.97 Å². The van der Waals surface area contributed by atoms with Crippen LogP contribution in [0.1, 0.15) is 38.3 Å². The number of benzene rings is 1. The van der Waals surface area contributed by atoms with Crippen LogP contribution >= 0.6 is 0 Å². The van der Waals surface area contributed by atoms with Gasteiger partial charge in [0.05, 0.1) is 5.41 Å². The van der Waals surface area contributed by atoms with Crippen molar-refractivity contribution in [2.45, 2.75) is 57.3 Å². The summed E-state index contributed by atoms with van der Waals surface area (Å²) in [6, 6.07) is 4.36. The number of aliphatic hydroxyl groups is 1. The van der Waals surface area contributed by atoms with Crippen LogP contribution in [0.2, 0.25) is 0 Å². The molecule has 2 aliphatic heterocycles. The third-order valence-electron chi connectivity index (χ3n) is 6.95. The van der Waals surface area contributed by atoms with Crippen LogP contribution < -0.4 is 9.47 Å². The maximum Gasteiger partial charge on any atom is 0.316 e. The van der Waals surface area contributed by atoms with E-state index in [0.29, 0.717) is 23.5 Å². The van der Waals surface area contributed by atoms with Crippen molar-refractivity contribution in [2.24, 2.45) is 11.3 Å². The van der Waals surface area contributed by atoms with Crippen LogP contribution in [0.15, 0.2) is 24.3 Å². The zero-order valence-corrected chi connectivity index (χ0v) is 16.4. The van der Waals surface area contributed by atoms with Crippen molar-refractivity contribution in [1.82, 2.24) is 4.90 Å². The van der Waals surface area contributed by atoms with E-state index in [4.69, 9.17) is 9.47 Å². The highest BCUT2D eigenvalue weighted by Crippen LogP contribution is 2.62. The van der Waals surface area contributed by atoms with Gasteiger partial charge in [-0.1, -0.05) is 18.2 Å². The molecule has 0 radical (unpaired) electrons. The minimum absolute atomic E-state index is 0.224. The molecular formula is C22H27NO4. The highest BCUT2D eigenvalue weighted by atomic mass is 16.6. The van der Waals surface area contributed by atoms with Crippen LogP contribution in [0.25, 0.3) is 0 Å². The van der Waals surface area contributed by atoms with Crippen molar-refractivity contribution in [1.29, 1.82) is 0 Å². The summed E-state index contributed by atoms with van der Waals surface area (Å²) in [4.78, 5) is 14.9. The largest absolute Gasteiger partial charge is 0.482 e. The van der Waals surface area contributed by atoms with E-state index in [2.05, 4.69) is 24.1 Å². The molecule has 1 fully saturated rings. The quantitative estimate of drug-likeness (QED) is 0.468. The molecule has 1 aromatic rings. The van der Waals surface area contributed by atoms with Crippen molar-refractivity contribution in [3.8, 4) is 11.5 Å². The van der Waals surface area contributed by atoms with E-state index in [1.165, 1.54) is 11.1 Å². The molecule has 1 spiro atoms. The molecule has 1 saturated heterocycles. The zero-order valence-electron chi connectivity index (χ0n) is 16.4. The molecule has 0 aromatic heterocycles. The smallest absolute Gasteiger partial charge is 0.316 e. The van der Waals surface area contributed by atoms with Gasteiger partial charge in [0.1, 0.15) is 12.2 Å². The van der Waals surface area contributed by atoms with Crippen LogP contribution in [0, 0.1) is 11.3 Å². The first-order valence-electron chi connectivity index (χ1n) is 9.85. The van der Waals surface area contributed by atoms with Crippen molar-refractivity contribution in [3.63, 3.8) is 0 Å². The van der Waals surface area contributed by atoms with Crippen LogP contribution in [0.3, 0.4) is 0 Å². The number of ether oxygens (including phenoxy) is 2. The maximum absolute atomic E-state index is 12.5. The Labute approximate surface area is 160 Å². The monoisotopic (exact) mass is 369 g/mol. The Morgan fingerprint density at radius 1 is 1.33 bits per heavy atom. The summed E-state index contributed by atoms with van der Waals surface area (Å²) in [5, 5.41) is 10.7. The lowest BCUT2D eigenvalue weighted by Gasteiger charge is -2.56. The van der Waals surface area contributed by atoms with Crippen LogP contribution in [0.4, 0.5) is 0 Å². The molecule has 1 aromatic carbocycles. The van der Waals surface area contributed by atoms with Crippen molar-refractivity contribution in [3.05, 3.63) is 35.4 Å². The molecule has 0 amide bonds. The van der Waals surface area contributed by atoms with Crippen molar-refractivity contribution < 1.29 is 19.4 Å². The minimum atomic E-state index is -0.644. The third kappa shape index (κ3) is 2.15. The van der Waals surface area contributed by atoms with Gasteiger partial charge in [-0.25, -0.2) is 0 Å². The van der Waals surface area contributed by atoms with Crippen LogP contribution in [0.5, 0.6) is 11.5 Å². The number of likely N-dealkylation sites (tertiary alicyclic amines) is 1. The molecular weight excluding hydrogens is 342 g/mol. The van der Waals surface area contributed by atoms with Crippen LogP contribution in [-0.2, 0) is 16.6 Å². The first-order chi connectivity index (χ1) is 12.7. The van der Waals surface area contributed by atoms with Gasteiger partial charge in [-0.15, -0.1) is 0 Å². The lowest BCUT2D eigenvalue weighted by atomic mass is 9.53. The van der Waals surface area contributed by atoms with E-state index in [1.54, 1.807) is 0 Å². The molecule has 0 unspecified atom stereocenters. The number of aliphatic hydroxyl groups excluding tert-OH is 1. The molecule has 0 saturated carbocycles. The number of piperidine rings is 1. The summed E-state index contributed by atoms with van der Waals surface area (Å²) in [6.07, 6.45) is 5.01. The SMILES string of the molecule is CN1CC[C@]23c4c5ccc(OC(=O)C(C)(C)C)c4O[C@H]2[C@@H](O)C=C[C@H]3[C@H]1C5. The van der Waals surface area contributed by atoms with Crippen molar-refractivity contribution >= 4 is 5.97 Å². The predicted octanol–water partition coefficient (Wildman–Crippen LogP) is 2.44. The first kappa shape index (κ1) is 17.3. The van der Waals surface area contributed by atoms with E-state index < -0.39 is 11.5 Å². The lowest BCUT2D eigenvalue weighted by molar-refractivity contribution is -0.143. The van der Waals surface area contributed by atoms with E-state index >= 15 is 0 Å². The molecule has 2 aliphatic carbocycles. The third-order valence-corrected chi connectivity index (χ3v) is 6.95. The number of esters is 1. The topological polar surface area (TPSA) is 59.0 Å². The molecule has 2 bridgehead atoms. The van der Waals surface area contributed by atoms with Gasteiger partial charge in [0.25, 0.3) is 0 Å². The maximum atomic E-state index is 12.5. The second kappa shape index (κ2) is 5.36. The fourth-order valence-corrected chi connectivity index (χ4v) is 5.56. The lowest BCUT2D eigenvalue weighted by Crippen LogP contribution is -2.64. The Morgan fingerprint density at radius 2 is 2.11 bits per heavy atom. The summed E-state index contributed by atoms with van der Waals surface area (Å²) in [6.45, 7) is 6.51. The Bertz CT molecular complexity index is 855. The molecule has 27 heavy (non-hydrogen) atoms. The fraction of sp³-hybridized carbons (Fsp3) is 0.591. The number of likely N-dealkylation sites (N-methyl/N-ethyl adjacent to an activating group) is 1. The number of carbonyl (C=O) groups excluding carboxylic acids is 1. The van der Waals surface area contributed by atoms with Gasteiger partial charge < -0.3 is 19.5 Å². The molecule has 5 nitrogen and oxygen atoms in total. The average molecular weight is 369 g/mol. The number of carbonyl (C=O) groups is 1. The summed E-state index contributed by atoms with van der Waals surface area (Å²) in [5.74, 6) is 1.19. The first-order valence-corrected chi connectivity index (χ1v) is 9.85. The van der Waals surface area contributed by atoms with Gasteiger partial charge in [-0.05, 0) is 58.8 Å². The Balaban J connectivity index is 1.67. The van der Waals surface area contributed by atoms with Crippen molar-refractivity contribution in [2.75, 3.05) is 13.6 Å². The highest BCUT2D eigenvalue weighted by molar-refractivity contribution is 5.79. The fourth-order valence-electron chi connectivity index (χ4n) is 5.56. The molecule has 2 heterocycles. The summed E-state index contributed by atoms with van der Waals surface area (Å²) < 4.78 is 12.1. The summed E-state index contributed by atoms with van der Waals surface area (Å²) in [7, 11) is 2.19. The summed E-state index contributed by atoms with van der Waals surface area (Å²) in [5.41, 5.74) is 1.62. The second-order valence-corrected chi connectivity index (χ2v) is 9.55. The molecule has 144 valence electrons. The number of nitrogens with zero attached hydrogens (tertiary/aromatic N) is 1. The van der Waals surface area contributed by atoms with Crippen LogP contribution in [-0.4, -0.2) is 47.8 Å². The minimum Gasteiger partial charge on any atom is -0.482 e. The van der Waals surface area contributed by atoms with E-state index in [9.17, 15) is 9.90 Å². The Hall–Kier alpha value is -1.85. The number of rotatable bonds is 1. The van der Waals surface area contributed by atoms with E-state index in [0.717, 1.165) is 19.4 Å². The number of hydrogen-bond donors (Lipinski definition) is 1. The molecule has 5 atom stereocenters. The molecule has 5 rings (SSSR count). The van der Waals surface area contributed by atoms with E-state index in [1.807, 2.05) is 32.9 Å². The Morgan fingerprint density at radius 3 is 2.85 bits per heavy atom. The number of hydrogen-bond acceptors (Lipinski definition) is 5. The summed E-state index contributed by atoms with van der Waals surface area (Å²) >= 11 is 0. The van der Waals surface area contributed by atoms with Gasteiger partial charge in [-0.3, -0.25) is 4.79 Å². The van der Waals surface area contributed by atoms with Gasteiger partial charge in [0.2, 0.25) is 0 Å².